The van der Waals surface area contributed by atoms with Crippen molar-refractivity contribution in [2.24, 2.45) is 4.99 Å². The molecule has 1 heterocycles. The number of alkyl halides is 3. The van der Waals surface area contributed by atoms with E-state index in [1.165, 1.54) is 10.6 Å². The second-order valence-electron chi connectivity index (χ2n) is 5.96. The molecule has 0 aliphatic heterocycles. The first-order chi connectivity index (χ1) is 13.7. The van der Waals surface area contributed by atoms with Crippen molar-refractivity contribution in [3.8, 4) is 0 Å². The van der Waals surface area contributed by atoms with Crippen LogP contribution in [0.3, 0.4) is 0 Å². The van der Waals surface area contributed by atoms with Gasteiger partial charge in [-0.1, -0.05) is 17.4 Å². The SMILES string of the molecule is CCOCCn1c(=NC(=O)c2cccc(C(F)(F)F)c2)sc2cc(F)cc(F)c21. The lowest BCUT2D eigenvalue weighted by Gasteiger charge is -2.07. The number of benzene rings is 2. The number of aromatic nitrogens is 1. The third kappa shape index (κ3) is 4.70. The van der Waals surface area contributed by atoms with Crippen LogP contribution in [0.15, 0.2) is 41.4 Å². The average molecular weight is 430 g/mol. The maximum absolute atomic E-state index is 14.3. The van der Waals surface area contributed by atoms with Gasteiger partial charge in [-0.05, 0) is 31.2 Å². The second kappa shape index (κ2) is 8.42. The van der Waals surface area contributed by atoms with E-state index >= 15 is 0 Å². The molecule has 0 saturated carbocycles. The van der Waals surface area contributed by atoms with Crippen molar-refractivity contribution in [2.75, 3.05) is 13.2 Å². The number of fused-ring (bicyclic) bond motifs is 1. The van der Waals surface area contributed by atoms with Crippen LogP contribution in [-0.2, 0) is 17.5 Å². The summed E-state index contributed by atoms with van der Waals surface area (Å²) in [6.45, 7) is 2.50. The lowest BCUT2D eigenvalue weighted by atomic mass is 10.1. The standard InChI is InChI=1S/C19H15F5N2O2S/c1-2-28-7-6-26-16-14(21)9-13(20)10-15(16)29-18(26)25-17(27)11-4-3-5-12(8-11)19(22,23)24/h3-5,8-10H,2,6-7H2,1H3. The monoisotopic (exact) mass is 430 g/mol. The molecule has 0 unspecified atom stereocenters. The van der Waals surface area contributed by atoms with Crippen molar-refractivity contribution < 1.29 is 31.5 Å². The minimum atomic E-state index is -4.61. The molecular weight excluding hydrogens is 415 g/mol. The zero-order chi connectivity index (χ0) is 21.2. The Labute approximate surface area is 165 Å². The van der Waals surface area contributed by atoms with E-state index in [1.54, 1.807) is 6.92 Å². The Morgan fingerprint density at radius 3 is 2.66 bits per heavy atom. The Morgan fingerprint density at radius 2 is 1.97 bits per heavy atom. The van der Waals surface area contributed by atoms with Gasteiger partial charge in [0.2, 0.25) is 0 Å². The maximum Gasteiger partial charge on any atom is 0.416 e. The number of thiazole rings is 1. The molecule has 0 spiro atoms. The molecule has 29 heavy (non-hydrogen) atoms. The van der Waals surface area contributed by atoms with E-state index in [1.807, 2.05) is 0 Å². The summed E-state index contributed by atoms with van der Waals surface area (Å²) in [5, 5.41) is 0. The molecule has 0 bridgehead atoms. The Morgan fingerprint density at radius 1 is 1.21 bits per heavy atom. The minimum Gasteiger partial charge on any atom is -0.380 e. The van der Waals surface area contributed by atoms with E-state index in [9.17, 15) is 26.7 Å². The molecule has 4 nitrogen and oxygen atoms in total. The van der Waals surface area contributed by atoms with Gasteiger partial charge in [0, 0.05) is 24.8 Å². The third-order valence-corrected chi connectivity index (χ3v) is 5.02. The molecular formula is C19H15F5N2O2S. The highest BCUT2D eigenvalue weighted by atomic mass is 32.1. The Balaban J connectivity index is 2.10. The largest absolute Gasteiger partial charge is 0.416 e. The van der Waals surface area contributed by atoms with Crippen LogP contribution in [0.1, 0.15) is 22.8 Å². The zero-order valence-electron chi connectivity index (χ0n) is 15.1. The number of ether oxygens (including phenoxy) is 1. The van der Waals surface area contributed by atoms with E-state index in [2.05, 4.69) is 4.99 Å². The molecule has 0 saturated heterocycles. The van der Waals surface area contributed by atoms with Crippen molar-refractivity contribution in [1.29, 1.82) is 0 Å². The number of carbonyl (C=O) groups is 1. The first-order valence-electron chi connectivity index (χ1n) is 8.53. The Kier molecular flexibility index (Phi) is 6.13. The van der Waals surface area contributed by atoms with Crippen molar-refractivity contribution in [2.45, 2.75) is 19.6 Å². The van der Waals surface area contributed by atoms with Crippen LogP contribution in [0.2, 0.25) is 0 Å². The first kappa shape index (κ1) is 21.1. The fraction of sp³-hybridized carbons (Fsp3) is 0.263. The number of hydrogen-bond donors (Lipinski definition) is 0. The van der Waals surface area contributed by atoms with E-state index < -0.39 is 29.3 Å². The lowest BCUT2D eigenvalue weighted by molar-refractivity contribution is -0.137. The van der Waals surface area contributed by atoms with Gasteiger partial charge in [0.05, 0.1) is 22.4 Å². The maximum atomic E-state index is 14.3. The van der Waals surface area contributed by atoms with Gasteiger partial charge in [-0.15, -0.1) is 0 Å². The molecule has 3 rings (SSSR count). The molecule has 1 amide bonds. The highest BCUT2D eigenvalue weighted by Crippen LogP contribution is 2.29. The van der Waals surface area contributed by atoms with Gasteiger partial charge in [-0.3, -0.25) is 4.79 Å². The summed E-state index contributed by atoms with van der Waals surface area (Å²) < 4.78 is 73.4. The lowest BCUT2D eigenvalue weighted by Crippen LogP contribution is -2.20. The smallest absolute Gasteiger partial charge is 0.380 e. The highest BCUT2D eigenvalue weighted by molar-refractivity contribution is 7.16. The number of nitrogens with zero attached hydrogens (tertiary/aromatic N) is 2. The molecule has 0 aliphatic rings. The molecule has 0 radical (unpaired) electrons. The van der Waals surface area contributed by atoms with Gasteiger partial charge in [0.25, 0.3) is 5.91 Å². The molecule has 0 N–H and O–H groups in total. The summed E-state index contributed by atoms with van der Waals surface area (Å²) in [7, 11) is 0. The van der Waals surface area contributed by atoms with Crippen LogP contribution in [0.5, 0.6) is 0 Å². The highest BCUT2D eigenvalue weighted by Gasteiger charge is 2.30. The van der Waals surface area contributed by atoms with Crippen LogP contribution in [0.4, 0.5) is 22.0 Å². The quantitative estimate of drug-likeness (QED) is 0.432. The number of hydrogen-bond acceptors (Lipinski definition) is 3. The van der Waals surface area contributed by atoms with Crippen LogP contribution in [-0.4, -0.2) is 23.7 Å². The van der Waals surface area contributed by atoms with Gasteiger partial charge < -0.3 is 9.30 Å². The predicted molar refractivity (Wildman–Crippen MR) is 97.6 cm³/mol. The van der Waals surface area contributed by atoms with Gasteiger partial charge >= 0.3 is 6.18 Å². The minimum absolute atomic E-state index is 0.0339. The number of carbonyl (C=O) groups excluding carboxylic acids is 1. The molecule has 0 atom stereocenters. The van der Waals surface area contributed by atoms with Gasteiger partial charge in [0.15, 0.2) is 10.6 Å². The van der Waals surface area contributed by atoms with E-state index in [4.69, 9.17) is 4.74 Å². The van der Waals surface area contributed by atoms with E-state index in [-0.39, 0.29) is 33.7 Å². The topological polar surface area (TPSA) is 43.6 Å². The average Bonchev–Trinajstić information content (AvgIpc) is 2.98. The van der Waals surface area contributed by atoms with Crippen LogP contribution >= 0.6 is 11.3 Å². The Bertz CT molecular complexity index is 1120. The van der Waals surface area contributed by atoms with Gasteiger partial charge in [0.1, 0.15) is 5.82 Å². The van der Waals surface area contributed by atoms with E-state index in [0.29, 0.717) is 18.7 Å². The molecule has 154 valence electrons. The molecule has 3 aromatic rings. The molecule has 1 aromatic heterocycles. The molecule has 0 fully saturated rings. The fourth-order valence-corrected chi connectivity index (χ4v) is 3.80. The summed E-state index contributed by atoms with van der Waals surface area (Å²) >= 11 is 0.861. The number of amides is 1. The third-order valence-electron chi connectivity index (χ3n) is 3.99. The van der Waals surface area contributed by atoms with Crippen molar-refractivity contribution >= 4 is 27.5 Å². The second-order valence-corrected chi connectivity index (χ2v) is 6.97. The van der Waals surface area contributed by atoms with Crippen molar-refractivity contribution in [3.63, 3.8) is 0 Å². The summed E-state index contributed by atoms with van der Waals surface area (Å²) in [5.74, 6) is -2.54. The summed E-state index contributed by atoms with van der Waals surface area (Å²) in [6.07, 6.45) is -4.61. The summed E-state index contributed by atoms with van der Waals surface area (Å²) in [4.78, 5) is 16.4. The number of rotatable bonds is 5. The van der Waals surface area contributed by atoms with Crippen molar-refractivity contribution in [1.82, 2.24) is 4.57 Å². The molecule has 10 heteroatoms. The van der Waals surface area contributed by atoms with Crippen molar-refractivity contribution in [3.05, 3.63) is 64.0 Å². The normalized spacial score (nSPS) is 12.7. The fourth-order valence-electron chi connectivity index (χ4n) is 2.70. The molecule has 2 aromatic carbocycles. The first-order valence-corrected chi connectivity index (χ1v) is 9.34. The van der Waals surface area contributed by atoms with Gasteiger partial charge in [-0.25, -0.2) is 8.78 Å². The summed E-state index contributed by atoms with van der Waals surface area (Å²) in [5.41, 5.74) is -1.20. The Hall–Kier alpha value is -2.59. The van der Waals surface area contributed by atoms with Gasteiger partial charge in [-0.2, -0.15) is 18.2 Å². The van der Waals surface area contributed by atoms with E-state index in [0.717, 1.165) is 29.5 Å². The molecule has 0 aliphatic carbocycles. The number of halogens is 5. The zero-order valence-corrected chi connectivity index (χ0v) is 15.9. The van der Waals surface area contributed by atoms with Crippen LogP contribution in [0, 0.1) is 11.6 Å². The summed E-state index contributed by atoms with van der Waals surface area (Å²) in [6, 6.07) is 5.67. The van der Waals surface area contributed by atoms with Crippen LogP contribution < -0.4 is 4.80 Å². The predicted octanol–water partition coefficient (Wildman–Crippen LogP) is 4.78. The van der Waals surface area contributed by atoms with Crippen LogP contribution in [0.25, 0.3) is 10.2 Å².